The molecule has 0 aliphatic heterocycles. The molecule has 1 amide bonds. The van der Waals surface area contributed by atoms with Gasteiger partial charge in [0.25, 0.3) is 11.6 Å². The Hall–Kier alpha value is -2.96. The van der Waals surface area contributed by atoms with Crippen molar-refractivity contribution < 1.29 is 14.1 Å². The highest BCUT2D eigenvalue weighted by Gasteiger charge is 2.22. The molecule has 3 rings (SSSR count). The van der Waals surface area contributed by atoms with E-state index >= 15 is 0 Å². The summed E-state index contributed by atoms with van der Waals surface area (Å²) in [6.45, 7) is 1.80. The number of nitrogens with two attached hydrogens (primary N) is 1. The van der Waals surface area contributed by atoms with Gasteiger partial charge >= 0.3 is 0 Å². The van der Waals surface area contributed by atoms with E-state index in [0.717, 1.165) is 37.0 Å². The zero-order chi connectivity index (χ0) is 18.8. The molecular weight excluding hydrogens is 337 g/mol. The minimum absolute atomic E-state index is 0.313. The molecule has 1 atom stereocenters. The highest BCUT2D eigenvalue weighted by molar-refractivity contribution is 5.96. The van der Waals surface area contributed by atoms with E-state index in [1.54, 1.807) is 6.92 Å². The molecule has 1 aliphatic carbocycles. The first-order valence-corrected chi connectivity index (χ1v) is 8.53. The number of fused-ring (bicyclic) bond motifs is 1. The molecule has 0 aromatic heterocycles. The maximum absolute atomic E-state index is 14.1. The molecule has 1 aliphatic rings. The third-order valence-electron chi connectivity index (χ3n) is 4.78. The Morgan fingerprint density at radius 3 is 2.62 bits per heavy atom. The molecule has 0 radical (unpaired) electrons. The van der Waals surface area contributed by atoms with E-state index < -0.39 is 27.9 Å². The largest absolute Gasteiger partial charge is 0.393 e. The number of nitrogens with one attached hydrogen (secondary N) is 1. The van der Waals surface area contributed by atoms with Gasteiger partial charge in [-0.2, -0.15) is 0 Å². The van der Waals surface area contributed by atoms with E-state index in [2.05, 4.69) is 17.4 Å². The van der Waals surface area contributed by atoms with Crippen molar-refractivity contribution in [3.8, 4) is 0 Å². The van der Waals surface area contributed by atoms with Crippen molar-refractivity contribution in [2.45, 2.75) is 38.6 Å². The lowest BCUT2D eigenvalue weighted by Gasteiger charge is -2.20. The van der Waals surface area contributed by atoms with Crippen molar-refractivity contribution in [2.75, 3.05) is 5.73 Å². The van der Waals surface area contributed by atoms with Crippen molar-refractivity contribution in [1.29, 1.82) is 0 Å². The number of nitro groups is 1. The average molecular weight is 357 g/mol. The molecule has 3 N–H and O–H groups in total. The summed E-state index contributed by atoms with van der Waals surface area (Å²) in [6.07, 6.45) is 4.42. The molecule has 0 unspecified atom stereocenters. The molecule has 26 heavy (non-hydrogen) atoms. The maximum atomic E-state index is 14.1. The SMILES string of the molecule is C[C@@H](NC(=O)c1cc([N+](=O)[O-])c(N)cc1F)c1ccc2c(c1)CCCC2. The zero-order valence-electron chi connectivity index (χ0n) is 14.4. The summed E-state index contributed by atoms with van der Waals surface area (Å²) in [5.41, 5.74) is 7.78. The number of halogens is 1. The molecule has 0 spiro atoms. The fourth-order valence-electron chi connectivity index (χ4n) is 3.29. The summed E-state index contributed by atoms with van der Waals surface area (Å²) in [6, 6.07) is 7.42. The number of rotatable bonds is 4. The summed E-state index contributed by atoms with van der Waals surface area (Å²) in [4.78, 5) is 22.6. The molecule has 7 heteroatoms. The van der Waals surface area contributed by atoms with Gasteiger partial charge in [-0.3, -0.25) is 14.9 Å². The first-order chi connectivity index (χ1) is 12.4. The van der Waals surface area contributed by atoms with Gasteiger partial charge in [0.1, 0.15) is 11.5 Å². The van der Waals surface area contributed by atoms with Crippen LogP contribution in [0.3, 0.4) is 0 Å². The highest BCUT2D eigenvalue weighted by Crippen LogP contribution is 2.27. The molecule has 136 valence electrons. The number of nitrogen functional groups attached to an aromatic ring is 1. The zero-order valence-corrected chi connectivity index (χ0v) is 14.4. The smallest absolute Gasteiger partial charge is 0.293 e. The Morgan fingerprint density at radius 2 is 1.92 bits per heavy atom. The van der Waals surface area contributed by atoms with Crippen molar-refractivity contribution in [2.24, 2.45) is 0 Å². The minimum Gasteiger partial charge on any atom is -0.393 e. The average Bonchev–Trinajstić information content (AvgIpc) is 2.60. The number of amides is 1. The molecule has 2 aromatic carbocycles. The third-order valence-corrected chi connectivity index (χ3v) is 4.78. The van der Waals surface area contributed by atoms with Crippen molar-refractivity contribution >= 4 is 17.3 Å². The van der Waals surface area contributed by atoms with Crippen LogP contribution in [0.15, 0.2) is 30.3 Å². The fraction of sp³-hybridized carbons (Fsp3) is 0.316. The second kappa shape index (κ2) is 7.11. The van der Waals surface area contributed by atoms with Crippen molar-refractivity contribution in [3.05, 3.63) is 68.5 Å². The number of hydrogen-bond acceptors (Lipinski definition) is 4. The van der Waals surface area contributed by atoms with Gasteiger partial charge in [0.05, 0.1) is 16.5 Å². The van der Waals surface area contributed by atoms with E-state index in [0.29, 0.717) is 0 Å². The molecule has 0 bridgehead atoms. The third kappa shape index (κ3) is 3.51. The number of aryl methyl sites for hydroxylation is 2. The number of anilines is 1. The van der Waals surface area contributed by atoms with Crippen LogP contribution in [0, 0.1) is 15.9 Å². The van der Waals surface area contributed by atoms with Gasteiger partial charge in [0.2, 0.25) is 0 Å². The van der Waals surface area contributed by atoms with Crippen molar-refractivity contribution in [1.82, 2.24) is 5.32 Å². The second-order valence-electron chi connectivity index (χ2n) is 6.58. The summed E-state index contributed by atoms with van der Waals surface area (Å²) in [5, 5.41) is 13.7. The minimum atomic E-state index is -0.886. The van der Waals surface area contributed by atoms with Crippen LogP contribution < -0.4 is 11.1 Å². The van der Waals surface area contributed by atoms with E-state index in [4.69, 9.17) is 5.73 Å². The molecule has 6 nitrogen and oxygen atoms in total. The quantitative estimate of drug-likeness (QED) is 0.495. The standard InChI is InChI=1S/C19H20FN3O3/c1-11(13-7-6-12-4-2-3-5-14(12)8-13)22-19(24)15-9-18(23(25)26)17(21)10-16(15)20/h6-11H,2-5,21H2,1H3,(H,22,24)/t11-/m1/s1. The van der Waals surface area contributed by atoms with Crippen LogP contribution in [0.4, 0.5) is 15.8 Å². The predicted molar refractivity (Wildman–Crippen MR) is 96.4 cm³/mol. The number of benzene rings is 2. The molecule has 0 fully saturated rings. The summed E-state index contributed by atoms with van der Waals surface area (Å²) in [5.74, 6) is -1.60. The molecule has 0 heterocycles. The fourth-order valence-corrected chi connectivity index (χ4v) is 3.29. The Kier molecular flexibility index (Phi) is 4.88. The summed E-state index contributed by atoms with van der Waals surface area (Å²) < 4.78 is 14.1. The Bertz CT molecular complexity index is 883. The highest BCUT2D eigenvalue weighted by atomic mass is 19.1. The van der Waals surface area contributed by atoms with E-state index in [9.17, 15) is 19.3 Å². The van der Waals surface area contributed by atoms with Crippen LogP contribution in [0.2, 0.25) is 0 Å². The lowest BCUT2D eigenvalue weighted by atomic mass is 9.89. The van der Waals surface area contributed by atoms with Gasteiger partial charge in [0.15, 0.2) is 0 Å². The van der Waals surface area contributed by atoms with Crippen LogP contribution in [0.25, 0.3) is 0 Å². The Morgan fingerprint density at radius 1 is 1.23 bits per heavy atom. The number of nitro benzene ring substituents is 1. The van der Waals surface area contributed by atoms with Crippen LogP contribution in [0.1, 0.15) is 52.9 Å². The Labute approximate surface area is 150 Å². The second-order valence-corrected chi connectivity index (χ2v) is 6.58. The molecule has 0 saturated carbocycles. The number of nitrogens with zero attached hydrogens (tertiary/aromatic N) is 1. The lowest BCUT2D eigenvalue weighted by Crippen LogP contribution is -2.28. The van der Waals surface area contributed by atoms with Gasteiger partial charge < -0.3 is 11.1 Å². The van der Waals surface area contributed by atoms with Crippen molar-refractivity contribution in [3.63, 3.8) is 0 Å². The van der Waals surface area contributed by atoms with Crippen LogP contribution >= 0.6 is 0 Å². The van der Waals surface area contributed by atoms with E-state index in [-0.39, 0.29) is 11.7 Å². The first kappa shape index (κ1) is 17.8. The maximum Gasteiger partial charge on any atom is 0.293 e. The molecule has 2 aromatic rings. The van der Waals surface area contributed by atoms with E-state index in [1.807, 2.05) is 6.07 Å². The molecule has 0 saturated heterocycles. The lowest BCUT2D eigenvalue weighted by molar-refractivity contribution is -0.384. The summed E-state index contributed by atoms with van der Waals surface area (Å²) >= 11 is 0. The molecular formula is C19H20FN3O3. The van der Waals surface area contributed by atoms with Gasteiger partial charge in [0, 0.05) is 12.1 Å². The topological polar surface area (TPSA) is 98.3 Å². The number of carbonyl (C=O) groups excluding carboxylic acids is 1. The first-order valence-electron chi connectivity index (χ1n) is 8.53. The van der Waals surface area contributed by atoms with Gasteiger partial charge in [-0.05, 0) is 49.3 Å². The normalized spacial score (nSPS) is 14.4. The van der Waals surface area contributed by atoms with Gasteiger partial charge in [-0.1, -0.05) is 18.2 Å². The Balaban J connectivity index is 1.81. The van der Waals surface area contributed by atoms with Crippen LogP contribution in [-0.2, 0) is 12.8 Å². The van der Waals surface area contributed by atoms with Crippen LogP contribution in [-0.4, -0.2) is 10.8 Å². The number of carbonyl (C=O) groups is 1. The van der Waals surface area contributed by atoms with Gasteiger partial charge in [-0.25, -0.2) is 4.39 Å². The number of hydrogen-bond donors (Lipinski definition) is 2. The summed E-state index contributed by atoms with van der Waals surface area (Å²) in [7, 11) is 0. The van der Waals surface area contributed by atoms with Gasteiger partial charge in [-0.15, -0.1) is 0 Å². The van der Waals surface area contributed by atoms with E-state index in [1.165, 1.54) is 17.5 Å². The van der Waals surface area contributed by atoms with Crippen LogP contribution in [0.5, 0.6) is 0 Å². The predicted octanol–water partition coefficient (Wildman–Crippen LogP) is 3.69. The monoisotopic (exact) mass is 357 g/mol.